The van der Waals surface area contributed by atoms with Crippen molar-refractivity contribution in [1.29, 1.82) is 0 Å². The largest absolute Gasteiger partial charge is 0.474 e. The molecule has 2 amide bonds. The molecule has 0 spiro atoms. The average Bonchev–Trinajstić information content (AvgIpc) is 2.90. The summed E-state index contributed by atoms with van der Waals surface area (Å²) < 4.78 is 45.2. The number of aliphatic hydroxyl groups is 2. The quantitative estimate of drug-likeness (QED) is 0.494. The van der Waals surface area contributed by atoms with E-state index < -0.39 is 30.5 Å². The number of aliphatic hydroxyl groups excluding tert-OH is 2. The second-order valence-electron chi connectivity index (χ2n) is 9.64. The number of carbonyl (C=O) groups excluding carboxylic acids is 1. The van der Waals surface area contributed by atoms with Crippen LogP contribution in [0.4, 0.5) is 29.6 Å². The van der Waals surface area contributed by atoms with E-state index in [9.17, 15) is 23.1 Å². The van der Waals surface area contributed by atoms with E-state index in [1.807, 2.05) is 13.8 Å². The van der Waals surface area contributed by atoms with Crippen molar-refractivity contribution >= 4 is 17.7 Å². The summed E-state index contributed by atoms with van der Waals surface area (Å²) >= 11 is 0. The number of benzene rings is 1. The Kier molecular flexibility index (Phi) is 7.56. The van der Waals surface area contributed by atoms with Crippen LogP contribution in [0.1, 0.15) is 31.4 Å². The Morgan fingerprint density at radius 3 is 2.68 bits per heavy atom. The number of hydrogen-bond donors (Lipinski definition) is 2. The van der Waals surface area contributed by atoms with Crippen LogP contribution in [-0.4, -0.2) is 64.1 Å². The van der Waals surface area contributed by atoms with E-state index >= 15 is 0 Å². The highest BCUT2D eigenvalue weighted by Gasteiger charge is 2.37. The second kappa shape index (κ2) is 10.5. The number of fused-ring (bicyclic) bond motifs is 1. The first-order chi connectivity index (χ1) is 17.9. The van der Waals surface area contributed by atoms with Crippen LogP contribution in [0, 0.1) is 0 Å². The predicted molar refractivity (Wildman–Crippen MR) is 134 cm³/mol. The number of ether oxygens (including phenoxy) is 1. The summed E-state index contributed by atoms with van der Waals surface area (Å²) in [4.78, 5) is 29.3. The number of nitrogens with zero attached hydrogens (tertiary/aromatic N) is 5. The number of halogens is 3. The smallest absolute Gasteiger partial charge is 0.416 e. The van der Waals surface area contributed by atoms with Crippen LogP contribution in [-0.2, 0) is 11.6 Å². The van der Waals surface area contributed by atoms with Crippen LogP contribution in [0.15, 0.2) is 48.8 Å². The van der Waals surface area contributed by atoms with Crippen molar-refractivity contribution in [2.24, 2.45) is 0 Å². The van der Waals surface area contributed by atoms with Crippen LogP contribution in [0.25, 0.3) is 11.3 Å². The molecule has 3 aromatic rings. The van der Waals surface area contributed by atoms with Gasteiger partial charge in [0.05, 0.1) is 30.3 Å². The van der Waals surface area contributed by atoms with E-state index in [2.05, 4.69) is 15.0 Å². The summed E-state index contributed by atoms with van der Waals surface area (Å²) in [6.07, 6.45) is -2.27. The molecule has 9 nitrogen and oxygen atoms in total. The molecule has 12 heteroatoms. The Morgan fingerprint density at radius 1 is 1.21 bits per heavy atom. The van der Waals surface area contributed by atoms with Crippen LogP contribution < -0.4 is 14.5 Å². The Morgan fingerprint density at radius 2 is 1.97 bits per heavy atom. The number of hydrogen-bond acceptors (Lipinski definition) is 7. The molecule has 0 fully saturated rings. The molecule has 202 valence electrons. The van der Waals surface area contributed by atoms with Crippen LogP contribution in [0.3, 0.4) is 0 Å². The lowest BCUT2D eigenvalue weighted by atomic mass is 9.79. The Balaban J connectivity index is 1.66. The van der Waals surface area contributed by atoms with E-state index in [-0.39, 0.29) is 29.3 Å². The fraction of sp³-hybridized carbons (Fsp3) is 0.385. The number of alkyl halides is 3. The molecule has 0 saturated heterocycles. The first kappa shape index (κ1) is 27.3. The predicted octanol–water partition coefficient (Wildman–Crippen LogP) is 4.03. The fourth-order valence-corrected chi connectivity index (χ4v) is 4.10. The molecule has 0 bridgehead atoms. The minimum Gasteiger partial charge on any atom is -0.474 e. The van der Waals surface area contributed by atoms with Gasteiger partial charge in [0, 0.05) is 24.7 Å². The van der Waals surface area contributed by atoms with Crippen molar-refractivity contribution in [2.75, 3.05) is 36.6 Å². The highest BCUT2D eigenvalue weighted by atomic mass is 19.4. The van der Waals surface area contributed by atoms with Crippen molar-refractivity contribution in [1.82, 2.24) is 15.0 Å². The number of carbonyl (C=O) groups is 1. The van der Waals surface area contributed by atoms with Gasteiger partial charge < -0.3 is 14.9 Å². The summed E-state index contributed by atoms with van der Waals surface area (Å²) in [5.74, 6) is 0.589. The average molecular weight is 532 g/mol. The van der Waals surface area contributed by atoms with Crippen LogP contribution >= 0.6 is 0 Å². The van der Waals surface area contributed by atoms with E-state index in [1.54, 1.807) is 18.2 Å². The minimum absolute atomic E-state index is 0.0554. The summed E-state index contributed by atoms with van der Waals surface area (Å²) in [5.41, 5.74) is 0.292. The maximum atomic E-state index is 13.6. The zero-order valence-corrected chi connectivity index (χ0v) is 21.1. The van der Waals surface area contributed by atoms with Gasteiger partial charge in [0.25, 0.3) is 0 Å². The number of aromatic nitrogens is 3. The Labute approximate surface area is 217 Å². The van der Waals surface area contributed by atoms with Gasteiger partial charge in [0.2, 0.25) is 5.88 Å². The zero-order valence-electron chi connectivity index (χ0n) is 21.1. The Hall–Kier alpha value is -3.77. The molecular weight excluding hydrogens is 503 g/mol. The fourth-order valence-electron chi connectivity index (χ4n) is 4.10. The third-order valence-corrected chi connectivity index (χ3v) is 6.40. The van der Waals surface area contributed by atoms with Gasteiger partial charge in [-0.3, -0.25) is 14.8 Å². The second-order valence-corrected chi connectivity index (χ2v) is 9.64. The van der Waals surface area contributed by atoms with E-state index in [0.29, 0.717) is 24.5 Å². The van der Waals surface area contributed by atoms with Crippen molar-refractivity contribution < 1.29 is 32.9 Å². The maximum absolute atomic E-state index is 13.6. The highest BCUT2D eigenvalue weighted by Crippen LogP contribution is 2.41. The molecular formula is C26H28F3N5O4. The molecule has 0 radical (unpaired) electrons. The van der Waals surface area contributed by atoms with Crippen molar-refractivity contribution in [3.05, 3.63) is 59.9 Å². The van der Waals surface area contributed by atoms with Crippen molar-refractivity contribution in [2.45, 2.75) is 38.0 Å². The number of anilines is 2. The summed E-state index contributed by atoms with van der Waals surface area (Å²) in [7, 11) is 1.51. The highest BCUT2D eigenvalue weighted by molar-refractivity contribution is 6.03. The van der Waals surface area contributed by atoms with Gasteiger partial charge in [-0.25, -0.2) is 9.78 Å². The van der Waals surface area contributed by atoms with Crippen LogP contribution in [0.2, 0.25) is 0 Å². The standard InChI is InChI=1S/C26H28F3N5O4/c1-25(2)9-10-34(24(37)33(3)21-12-30-13-22(32-21)38-15-18(36)14-35)23-19(25)7-8-20(31-23)16-5-4-6-17(11-16)26(27,28)29/h4-8,11-13,18,35-36H,9-10,14-15H2,1-3H3. The lowest BCUT2D eigenvalue weighted by Gasteiger charge is -2.39. The molecule has 2 aromatic heterocycles. The van der Waals surface area contributed by atoms with Gasteiger partial charge >= 0.3 is 12.2 Å². The van der Waals surface area contributed by atoms with E-state index in [0.717, 1.165) is 17.7 Å². The van der Waals surface area contributed by atoms with Gasteiger partial charge in [-0.2, -0.15) is 18.2 Å². The van der Waals surface area contributed by atoms with E-state index in [1.165, 1.54) is 35.3 Å². The molecule has 1 atom stereocenters. The molecule has 0 aliphatic carbocycles. The number of pyridine rings is 1. The van der Waals surface area contributed by atoms with Crippen molar-refractivity contribution in [3.63, 3.8) is 0 Å². The third-order valence-electron chi connectivity index (χ3n) is 6.40. The molecule has 1 aliphatic heterocycles. The number of urea groups is 1. The van der Waals surface area contributed by atoms with Gasteiger partial charge in [0.1, 0.15) is 18.5 Å². The molecule has 1 aliphatic rings. The first-order valence-corrected chi connectivity index (χ1v) is 11.9. The molecule has 4 rings (SSSR count). The monoisotopic (exact) mass is 531 g/mol. The van der Waals surface area contributed by atoms with Crippen LogP contribution in [0.5, 0.6) is 5.88 Å². The lowest BCUT2D eigenvalue weighted by Crippen LogP contribution is -2.47. The molecule has 38 heavy (non-hydrogen) atoms. The number of amides is 2. The third kappa shape index (κ3) is 5.70. The van der Waals surface area contributed by atoms with Gasteiger partial charge in [-0.15, -0.1) is 0 Å². The van der Waals surface area contributed by atoms with Gasteiger partial charge in [-0.1, -0.05) is 32.0 Å². The van der Waals surface area contributed by atoms with Gasteiger partial charge in [0.15, 0.2) is 5.82 Å². The zero-order chi connectivity index (χ0) is 27.7. The first-order valence-electron chi connectivity index (χ1n) is 11.9. The summed E-state index contributed by atoms with van der Waals surface area (Å²) in [6.45, 7) is 3.69. The SMILES string of the molecule is CN(C(=O)N1CCC(C)(C)c2ccc(-c3cccc(C(F)(F)F)c3)nc21)c1cncc(OCC(O)CO)n1. The normalized spacial score (nSPS) is 15.5. The minimum atomic E-state index is -4.49. The number of rotatable bonds is 6. The summed E-state index contributed by atoms with van der Waals surface area (Å²) in [6, 6.07) is 7.92. The molecule has 1 aromatic carbocycles. The molecule has 0 saturated carbocycles. The van der Waals surface area contributed by atoms with Crippen molar-refractivity contribution in [3.8, 4) is 17.1 Å². The maximum Gasteiger partial charge on any atom is 0.416 e. The van der Waals surface area contributed by atoms with E-state index in [4.69, 9.17) is 9.84 Å². The Bertz CT molecular complexity index is 1320. The summed E-state index contributed by atoms with van der Waals surface area (Å²) in [5, 5.41) is 18.4. The molecule has 1 unspecified atom stereocenters. The molecule has 3 heterocycles. The van der Waals surface area contributed by atoms with Gasteiger partial charge in [-0.05, 0) is 30.0 Å². The lowest BCUT2D eigenvalue weighted by molar-refractivity contribution is -0.137. The topological polar surface area (TPSA) is 112 Å². The molecule has 2 N–H and O–H groups in total.